The van der Waals surface area contributed by atoms with Gasteiger partial charge in [0.05, 0.1) is 23.8 Å². The molecule has 0 atom stereocenters. The molecular formula is C23H24N6O2. The number of primary amides is 1. The van der Waals surface area contributed by atoms with E-state index in [2.05, 4.69) is 45.5 Å². The van der Waals surface area contributed by atoms with Gasteiger partial charge >= 0.3 is 0 Å². The number of carbonyl (C=O) groups excluding carboxylic acids is 2. The van der Waals surface area contributed by atoms with Crippen molar-refractivity contribution in [3.63, 3.8) is 0 Å². The number of benzene rings is 1. The van der Waals surface area contributed by atoms with Gasteiger partial charge in [-0.15, -0.1) is 0 Å². The lowest BCUT2D eigenvalue weighted by atomic mass is 10.1. The van der Waals surface area contributed by atoms with Crippen LogP contribution in [0.1, 0.15) is 38.2 Å². The number of rotatable bonds is 5. The summed E-state index contributed by atoms with van der Waals surface area (Å²) in [4.78, 5) is 32.6. The highest BCUT2D eigenvalue weighted by Gasteiger charge is 2.15. The summed E-state index contributed by atoms with van der Waals surface area (Å²) in [5.74, 6) is 5.28. The Bertz CT molecular complexity index is 1300. The van der Waals surface area contributed by atoms with E-state index in [1.807, 2.05) is 25.1 Å². The van der Waals surface area contributed by atoms with Gasteiger partial charge in [-0.3, -0.25) is 14.6 Å². The predicted molar refractivity (Wildman–Crippen MR) is 121 cm³/mol. The third kappa shape index (κ3) is 4.61. The predicted octanol–water partition coefficient (Wildman–Crippen LogP) is 2.39. The number of carbonyl (C=O) groups is 2. The molecule has 0 saturated heterocycles. The Labute approximate surface area is 180 Å². The van der Waals surface area contributed by atoms with E-state index in [9.17, 15) is 9.59 Å². The molecule has 2 amide bonds. The van der Waals surface area contributed by atoms with Crippen molar-refractivity contribution in [2.24, 2.45) is 5.73 Å². The van der Waals surface area contributed by atoms with Crippen LogP contribution in [-0.2, 0) is 9.59 Å². The van der Waals surface area contributed by atoms with Gasteiger partial charge in [0.15, 0.2) is 0 Å². The van der Waals surface area contributed by atoms with Crippen molar-refractivity contribution in [2.75, 3.05) is 6.54 Å². The Balaban J connectivity index is 1.88. The van der Waals surface area contributed by atoms with Crippen molar-refractivity contribution in [3.8, 4) is 11.8 Å². The van der Waals surface area contributed by atoms with Crippen molar-refractivity contribution in [3.05, 3.63) is 47.4 Å². The first-order valence-electron chi connectivity index (χ1n) is 9.80. The van der Waals surface area contributed by atoms with E-state index in [0.717, 1.165) is 39.4 Å². The van der Waals surface area contributed by atoms with Gasteiger partial charge in [0, 0.05) is 22.7 Å². The maximum atomic E-state index is 12.1. The van der Waals surface area contributed by atoms with Crippen molar-refractivity contribution in [1.29, 1.82) is 5.41 Å². The minimum Gasteiger partial charge on any atom is -0.365 e. The van der Waals surface area contributed by atoms with Crippen LogP contribution in [0.2, 0.25) is 0 Å². The van der Waals surface area contributed by atoms with Crippen molar-refractivity contribution in [1.82, 2.24) is 19.9 Å². The van der Waals surface area contributed by atoms with E-state index in [-0.39, 0.29) is 23.9 Å². The molecule has 0 radical (unpaired) electrons. The molecule has 4 N–H and O–H groups in total. The molecule has 31 heavy (non-hydrogen) atoms. The number of nitrogens with two attached hydrogens (primary N) is 1. The first-order valence-corrected chi connectivity index (χ1v) is 9.80. The lowest BCUT2D eigenvalue weighted by Gasteiger charge is -2.12. The molecule has 1 aromatic carbocycles. The number of amides is 2. The Morgan fingerprint density at radius 2 is 2.06 bits per heavy atom. The number of hydrogen-bond donors (Lipinski definition) is 3. The van der Waals surface area contributed by atoms with Crippen LogP contribution < -0.4 is 11.1 Å². The van der Waals surface area contributed by atoms with Gasteiger partial charge < -0.3 is 21.0 Å². The molecule has 3 rings (SSSR count). The third-order valence-electron chi connectivity index (χ3n) is 4.65. The average Bonchev–Trinajstić information content (AvgIpc) is 3.05. The third-order valence-corrected chi connectivity index (χ3v) is 4.65. The van der Waals surface area contributed by atoms with Crippen LogP contribution >= 0.6 is 0 Å². The molecule has 158 valence electrons. The summed E-state index contributed by atoms with van der Waals surface area (Å²) in [6.45, 7) is 7.69. The van der Waals surface area contributed by atoms with E-state index in [0.29, 0.717) is 0 Å². The number of nitrogens with zero attached hydrogens (tertiary/aromatic N) is 3. The van der Waals surface area contributed by atoms with Gasteiger partial charge in [0.2, 0.25) is 0 Å². The van der Waals surface area contributed by atoms with Crippen LogP contribution in [0.3, 0.4) is 0 Å². The standard InChI is InChI=1S/C23H24N6O2/c1-13(2)29-15(4)28-20-12-27-19-8-7-16(11-17(19)21(20)29)6-5-9-26-23(31)18(22(25)30)10-14(3)24/h7-8,10-13,24H,9H2,1-4H3,(H2,25,30)(H,26,31)/b18-10+,24-14?. The lowest BCUT2D eigenvalue weighted by molar-refractivity contribution is -0.121. The van der Waals surface area contributed by atoms with Gasteiger partial charge in [0.1, 0.15) is 16.9 Å². The summed E-state index contributed by atoms with van der Waals surface area (Å²) >= 11 is 0. The fourth-order valence-corrected chi connectivity index (χ4v) is 3.43. The highest BCUT2D eigenvalue weighted by Crippen LogP contribution is 2.28. The first kappa shape index (κ1) is 21.7. The fraction of sp³-hybridized carbons (Fsp3) is 0.261. The van der Waals surface area contributed by atoms with Crippen molar-refractivity contribution in [2.45, 2.75) is 33.7 Å². The van der Waals surface area contributed by atoms with E-state index in [1.54, 1.807) is 6.20 Å². The molecule has 2 heterocycles. The van der Waals surface area contributed by atoms with Crippen molar-refractivity contribution >= 4 is 39.5 Å². The molecule has 0 bridgehead atoms. The number of pyridine rings is 1. The van der Waals surface area contributed by atoms with Crippen LogP contribution in [-0.4, -0.2) is 38.6 Å². The summed E-state index contributed by atoms with van der Waals surface area (Å²) in [6.07, 6.45) is 2.91. The Morgan fingerprint density at radius 1 is 1.32 bits per heavy atom. The SMILES string of the molecule is CC(=N)/C=C(\C(N)=O)C(=O)NCC#Cc1ccc2ncc3nc(C)n(C(C)C)c3c2c1. The number of allylic oxidation sites excluding steroid dienone is 1. The van der Waals surface area contributed by atoms with Crippen LogP contribution in [0.5, 0.6) is 0 Å². The smallest absolute Gasteiger partial charge is 0.257 e. The maximum absolute atomic E-state index is 12.1. The van der Waals surface area contributed by atoms with E-state index >= 15 is 0 Å². The number of aryl methyl sites for hydroxylation is 1. The lowest BCUT2D eigenvalue weighted by Crippen LogP contribution is -2.32. The van der Waals surface area contributed by atoms with Crippen LogP contribution in [0.15, 0.2) is 36.0 Å². The normalized spacial score (nSPS) is 11.5. The molecule has 0 aliphatic carbocycles. The zero-order valence-electron chi connectivity index (χ0n) is 17.9. The highest BCUT2D eigenvalue weighted by molar-refractivity contribution is 6.21. The highest BCUT2D eigenvalue weighted by atomic mass is 16.2. The summed E-state index contributed by atoms with van der Waals surface area (Å²) < 4.78 is 2.18. The largest absolute Gasteiger partial charge is 0.365 e. The van der Waals surface area contributed by atoms with E-state index in [1.165, 1.54) is 6.92 Å². The molecule has 0 aliphatic rings. The molecule has 2 aromatic heterocycles. The van der Waals surface area contributed by atoms with Gasteiger partial charge in [-0.1, -0.05) is 11.8 Å². The number of fused-ring (bicyclic) bond motifs is 3. The first-order chi connectivity index (χ1) is 14.7. The second-order valence-electron chi connectivity index (χ2n) is 7.44. The molecule has 0 aliphatic heterocycles. The molecule has 0 fully saturated rings. The fourth-order valence-electron chi connectivity index (χ4n) is 3.43. The topological polar surface area (TPSA) is 127 Å². The Kier molecular flexibility index (Phi) is 6.16. The molecule has 3 aromatic rings. The zero-order valence-corrected chi connectivity index (χ0v) is 17.9. The molecular weight excluding hydrogens is 392 g/mol. The monoisotopic (exact) mass is 416 g/mol. The molecule has 8 nitrogen and oxygen atoms in total. The number of imidazole rings is 1. The quantitative estimate of drug-likeness (QED) is 0.194. The second kappa shape index (κ2) is 8.79. The summed E-state index contributed by atoms with van der Waals surface area (Å²) in [6, 6.07) is 5.99. The van der Waals surface area contributed by atoms with Crippen LogP contribution in [0, 0.1) is 24.2 Å². The van der Waals surface area contributed by atoms with Gasteiger partial charge in [-0.25, -0.2) is 4.98 Å². The molecule has 8 heteroatoms. The minimum atomic E-state index is -0.889. The van der Waals surface area contributed by atoms with Crippen LogP contribution in [0.4, 0.5) is 0 Å². The Morgan fingerprint density at radius 3 is 2.71 bits per heavy atom. The second-order valence-corrected chi connectivity index (χ2v) is 7.44. The van der Waals surface area contributed by atoms with Crippen molar-refractivity contribution < 1.29 is 9.59 Å². The van der Waals surface area contributed by atoms with Gasteiger partial charge in [-0.2, -0.15) is 0 Å². The maximum Gasteiger partial charge on any atom is 0.257 e. The minimum absolute atomic E-state index is 0.0318. The average molecular weight is 416 g/mol. The number of aromatic nitrogens is 3. The van der Waals surface area contributed by atoms with E-state index < -0.39 is 11.8 Å². The summed E-state index contributed by atoms with van der Waals surface area (Å²) in [5, 5.41) is 10.9. The molecule has 0 spiro atoms. The number of hydrogen-bond acceptors (Lipinski definition) is 5. The van der Waals surface area contributed by atoms with Crippen LogP contribution in [0.25, 0.3) is 21.9 Å². The summed E-state index contributed by atoms with van der Waals surface area (Å²) in [5.41, 5.74) is 8.47. The zero-order chi connectivity index (χ0) is 22.7. The Hall–Kier alpha value is -3.99. The van der Waals surface area contributed by atoms with Gasteiger partial charge in [-0.05, 0) is 52.0 Å². The summed E-state index contributed by atoms with van der Waals surface area (Å²) in [7, 11) is 0. The van der Waals surface area contributed by atoms with Gasteiger partial charge in [0.25, 0.3) is 11.8 Å². The van der Waals surface area contributed by atoms with E-state index in [4.69, 9.17) is 11.1 Å². The molecule has 0 unspecified atom stereocenters. The molecule has 0 saturated carbocycles. The number of nitrogens with one attached hydrogen (secondary N) is 2.